The van der Waals surface area contributed by atoms with Crippen molar-refractivity contribution in [2.45, 2.75) is 6.42 Å². The molecule has 2 heterocycles. The van der Waals surface area contributed by atoms with Crippen LogP contribution in [0.15, 0.2) is 12.4 Å². The van der Waals surface area contributed by atoms with Crippen LogP contribution in [-0.4, -0.2) is 40.5 Å². The molecule has 15 heavy (non-hydrogen) atoms. The first-order valence-corrected chi connectivity index (χ1v) is 5.01. The zero-order valence-corrected chi connectivity index (χ0v) is 8.78. The van der Waals surface area contributed by atoms with Gasteiger partial charge >= 0.3 is 0 Å². The van der Waals surface area contributed by atoms with Crippen molar-refractivity contribution in [3.8, 4) is 5.75 Å². The van der Waals surface area contributed by atoms with Gasteiger partial charge in [0.2, 0.25) is 5.28 Å². The average Bonchev–Trinajstić information content (AvgIpc) is 2.14. The van der Waals surface area contributed by atoms with Gasteiger partial charge in [0.25, 0.3) is 5.91 Å². The van der Waals surface area contributed by atoms with E-state index in [1.807, 2.05) is 0 Å². The second-order valence-electron chi connectivity index (χ2n) is 3.21. The Kier molecular flexibility index (Phi) is 3.01. The van der Waals surface area contributed by atoms with Gasteiger partial charge in [-0.1, -0.05) is 0 Å². The highest BCUT2D eigenvalue weighted by Gasteiger charge is 2.20. The lowest BCUT2D eigenvalue weighted by Crippen LogP contribution is -2.44. The maximum Gasteiger partial charge on any atom is 0.260 e. The molecule has 1 amide bonds. The predicted molar refractivity (Wildman–Crippen MR) is 53.7 cm³/mol. The standard InChI is InChI=1S/C9H10ClN3O2/c10-9-11-4-7(5-12-9)15-6-8(14)13-2-1-3-13/h4-5H,1-3,6H2. The Morgan fingerprint density at radius 1 is 1.47 bits per heavy atom. The monoisotopic (exact) mass is 227 g/mol. The summed E-state index contributed by atoms with van der Waals surface area (Å²) in [5.74, 6) is 0.449. The first-order valence-electron chi connectivity index (χ1n) is 4.64. The van der Waals surface area contributed by atoms with Crippen LogP contribution in [0, 0.1) is 0 Å². The summed E-state index contributed by atoms with van der Waals surface area (Å²) in [6.45, 7) is 1.70. The molecule has 1 aliphatic rings. The second-order valence-corrected chi connectivity index (χ2v) is 3.55. The quantitative estimate of drug-likeness (QED) is 0.715. The predicted octanol–water partition coefficient (Wildman–Crippen LogP) is 0.741. The molecule has 5 nitrogen and oxygen atoms in total. The number of ether oxygens (including phenoxy) is 1. The number of likely N-dealkylation sites (tertiary alicyclic amines) is 1. The van der Waals surface area contributed by atoms with Crippen molar-refractivity contribution < 1.29 is 9.53 Å². The fourth-order valence-electron chi connectivity index (χ4n) is 1.18. The van der Waals surface area contributed by atoms with E-state index < -0.39 is 0 Å². The van der Waals surface area contributed by atoms with E-state index in [4.69, 9.17) is 16.3 Å². The largest absolute Gasteiger partial charge is 0.481 e. The lowest BCUT2D eigenvalue weighted by Gasteiger charge is -2.30. The molecule has 0 spiro atoms. The Labute approximate surface area is 92.0 Å². The number of hydrogen-bond donors (Lipinski definition) is 0. The number of hydrogen-bond acceptors (Lipinski definition) is 4. The van der Waals surface area contributed by atoms with Crippen molar-refractivity contribution in [2.75, 3.05) is 19.7 Å². The van der Waals surface area contributed by atoms with E-state index in [0.717, 1.165) is 19.5 Å². The zero-order valence-electron chi connectivity index (χ0n) is 8.02. The molecule has 0 unspecified atom stereocenters. The van der Waals surface area contributed by atoms with Crippen molar-refractivity contribution in [1.82, 2.24) is 14.9 Å². The molecule has 80 valence electrons. The van der Waals surface area contributed by atoms with Gasteiger partial charge < -0.3 is 9.64 Å². The summed E-state index contributed by atoms with van der Waals surface area (Å²) >= 11 is 5.50. The highest BCUT2D eigenvalue weighted by molar-refractivity contribution is 6.28. The van der Waals surface area contributed by atoms with Crippen molar-refractivity contribution in [2.24, 2.45) is 0 Å². The fourth-order valence-corrected chi connectivity index (χ4v) is 1.27. The van der Waals surface area contributed by atoms with Crippen LogP contribution in [0.25, 0.3) is 0 Å². The smallest absolute Gasteiger partial charge is 0.260 e. The van der Waals surface area contributed by atoms with Gasteiger partial charge in [0, 0.05) is 13.1 Å². The van der Waals surface area contributed by atoms with Crippen LogP contribution in [0.3, 0.4) is 0 Å². The molecule has 1 aromatic heterocycles. The number of amides is 1. The summed E-state index contributed by atoms with van der Waals surface area (Å²) in [5.41, 5.74) is 0. The summed E-state index contributed by atoms with van der Waals surface area (Å²) < 4.78 is 5.20. The van der Waals surface area contributed by atoms with Gasteiger partial charge in [0.15, 0.2) is 12.4 Å². The molecule has 1 aliphatic heterocycles. The normalized spacial score (nSPS) is 14.6. The van der Waals surface area contributed by atoms with Gasteiger partial charge in [-0.05, 0) is 18.0 Å². The Morgan fingerprint density at radius 3 is 2.67 bits per heavy atom. The van der Waals surface area contributed by atoms with Crippen LogP contribution in [0.1, 0.15) is 6.42 Å². The molecule has 0 aliphatic carbocycles. The first-order chi connectivity index (χ1) is 7.25. The Morgan fingerprint density at radius 2 is 2.13 bits per heavy atom. The summed E-state index contributed by atoms with van der Waals surface area (Å²) in [7, 11) is 0. The van der Waals surface area contributed by atoms with E-state index in [-0.39, 0.29) is 17.8 Å². The number of carbonyl (C=O) groups excluding carboxylic acids is 1. The number of carbonyl (C=O) groups is 1. The molecule has 0 bridgehead atoms. The van der Waals surface area contributed by atoms with Gasteiger partial charge in [-0.15, -0.1) is 0 Å². The number of halogens is 1. The van der Waals surface area contributed by atoms with Crippen LogP contribution in [0.2, 0.25) is 5.28 Å². The van der Waals surface area contributed by atoms with Gasteiger partial charge in [-0.3, -0.25) is 4.79 Å². The van der Waals surface area contributed by atoms with Crippen molar-refractivity contribution >= 4 is 17.5 Å². The molecule has 0 N–H and O–H groups in total. The van der Waals surface area contributed by atoms with E-state index in [1.54, 1.807) is 4.90 Å². The summed E-state index contributed by atoms with van der Waals surface area (Å²) in [6, 6.07) is 0. The highest BCUT2D eigenvalue weighted by Crippen LogP contribution is 2.10. The molecule has 0 saturated carbocycles. The van der Waals surface area contributed by atoms with Gasteiger partial charge in [-0.2, -0.15) is 0 Å². The lowest BCUT2D eigenvalue weighted by atomic mass is 10.2. The first kappa shape index (κ1) is 10.2. The summed E-state index contributed by atoms with van der Waals surface area (Å²) in [6.07, 6.45) is 3.97. The minimum atomic E-state index is -0.00352. The number of aromatic nitrogens is 2. The minimum Gasteiger partial charge on any atom is -0.481 e. The molecule has 1 aromatic rings. The van der Waals surface area contributed by atoms with Crippen molar-refractivity contribution in [1.29, 1.82) is 0 Å². The lowest BCUT2D eigenvalue weighted by molar-refractivity contribution is -0.136. The SMILES string of the molecule is O=C(COc1cnc(Cl)nc1)N1CCC1. The molecule has 0 atom stereocenters. The summed E-state index contributed by atoms with van der Waals surface area (Å²) in [4.78, 5) is 20.6. The van der Waals surface area contributed by atoms with Gasteiger partial charge in [-0.25, -0.2) is 9.97 Å². The number of rotatable bonds is 3. The molecule has 1 saturated heterocycles. The van der Waals surface area contributed by atoms with Crippen molar-refractivity contribution in [3.05, 3.63) is 17.7 Å². The molecule has 1 fully saturated rings. The van der Waals surface area contributed by atoms with Crippen LogP contribution in [0.4, 0.5) is 0 Å². The van der Waals surface area contributed by atoms with Gasteiger partial charge in [0.05, 0.1) is 12.4 Å². The Balaban J connectivity index is 1.82. The third-order valence-corrected chi connectivity index (χ3v) is 2.36. The average molecular weight is 228 g/mol. The maximum absolute atomic E-state index is 11.4. The van der Waals surface area contributed by atoms with E-state index in [9.17, 15) is 4.79 Å². The topological polar surface area (TPSA) is 55.3 Å². The zero-order chi connectivity index (χ0) is 10.7. The molecular weight excluding hydrogens is 218 g/mol. The molecular formula is C9H10ClN3O2. The summed E-state index contributed by atoms with van der Waals surface area (Å²) in [5, 5.41) is 0.163. The van der Waals surface area contributed by atoms with Crippen LogP contribution in [0.5, 0.6) is 5.75 Å². The fraction of sp³-hybridized carbons (Fsp3) is 0.444. The van der Waals surface area contributed by atoms with Crippen LogP contribution >= 0.6 is 11.6 Å². The third-order valence-electron chi connectivity index (χ3n) is 2.17. The van der Waals surface area contributed by atoms with E-state index in [1.165, 1.54) is 12.4 Å². The maximum atomic E-state index is 11.4. The molecule has 2 rings (SSSR count). The van der Waals surface area contributed by atoms with Crippen molar-refractivity contribution in [3.63, 3.8) is 0 Å². The van der Waals surface area contributed by atoms with E-state index in [2.05, 4.69) is 9.97 Å². The highest BCUT2D eigenvalue weighted by atomic mass is 35.5. The minimum absolute atomic E-state index is 0.00352. The van der Waals surface area contributed by atoms with E-state index >= 15 is 0 Å². The second kappa shape index (κ2) is 4.44. The number of nitrogens with zero attached hydrogens (tertiary/aromatic N) is 3. The van der Waals surface area contributed by atoms with E-state index in [0.29, 0.717) is 5.75 Å². The molecule has 6 heteroatoms. The van der Waals surface area contributed by atoms with Gasteiger partial charge in [0.1, 0.15) is 0 Å². The van der Waals surface area contributed by atoms with Crippen LogP contribution < -0.4 is 4.74 Å². The Bertz CT molecular complexity index is 351. The Hall–Kier alpha value is -1.36. The van der Waals surface area contributed by atoms with Crippen LogP contribution in [-0.2, 0) is 4.79 Å². The molecule has 0 radical (unpaired) electrons. The molecule has 0 aromatic carbocycles. The third kappa shape index (κ3) is 2.56.